The lowest BCUT2D eigenvalue weighted by atomic mass is 9.70. The Morgan fingerprint density at radius 3 is 2.64 bits per heavy atom. The topological polar surface area (TPSA) is 46.2 Å². The molecule has 0 spiro atoms. The maximum atomic E-state index is 9.30. The fourth-order valence-electron chi connectivity index (χ4n) is 2.02. The van der Waals surface area contributed by atoms with Crippen LogP contribution in [0.5, 0.6) is 0 Å². The van der Waals surface area contributed by atoms with Gasteiger partial charge in [0.15, 0.2) is 0 Å². The molecule has 0 atom stereocenters. The number of benzene rings is 1. The Balaban J connectivity index is 2.33. The van der Waals surface area contributed by atoms with Gasteiger partial charge in [-0.2, -0.15) is 0 Å². The lowest BCUT2D eigenvalue weighted by Gasteiger charge is -2.43. The molecule has 1 fully saturated rings. The van der Waals surface area contributed by atoms with Crippen LogP contribution < -0.4 is 5.73 Å². The summed E-state index contributed by atoms with van der Waals surface area (Å²) in [5, 5.41) is 9.30. The molecule has 1 saturated carbocycles. The zero-order valence-electron chi connectivity index (χ0n) is 8.13. The third kappa shape index (κ3) is 1.60. The monoisotopic (exact) mass is 255 g/mol. The quantitative estimate of drug-likeness (QED) is 0.807. The molecule has 0 heterocycles. The van der Waals surface area contributed by atoms with E-state index in [9.17, 15) is 5.11 Å². The molecule has 0 aliphatic heterocycles. The molecule has 76 valence electrons. The Morgan fingerprint density at radius 1 is 1.50 bits per heavy atom. The molecule has 0 amide bonds. The summed E-state index contributed by atoms with van der Waals surface area (Å²) in [6, 6.07) is 6.17. The molecule has 0 saturated heterocycles. The number of aryl methyl sites for hydroxylation is 1. The van der Waals surface area contributed by atoms with E-state index in [4.69, 9.17) is 5.73 Å². The summed E-state index contributed by atoms with van der Waals surface area (Å²) in [4.78, 5) is 0. The van der Waals surface area contributed by atoms with Crippen molar-refractivity contribution < 1.29 is 5.11 Å². The van der Waals surface area contributed by atoms with Crippen LogP contribution in [0.2, 0.25) is 0 Å². The summed E-state index contributed by atoms with van der Waals surface area (Å²) in [6.07, 6.45) is 1.09. The lowest BCUT2D eigenvalue weighted by Crippen LogP contribution is -2.51. The second-order valence-electron chi connectivity index (χ2n) is 4.20. The first-order valence-electron chi connectivity index (χ1n) is 4.75. The first-order valence-corrected chi connectivity index (χ1v) is 5.54. The molecule has 1 aromatic carbocycles. The van der Waals surface area contributed by atoms with Gasteiger partial charge in [-0.05, 0) is 37.0 Å². The highest BCUT2D eigenvalue weighted by atomic mass is 79.9. The van der Waals surface area contributed by atoms with E-state index in [1.807, 2.05) is 13.0 Å². The van der Waals surface area contributed by atoms with Crippen LogP contribution in [-0.2, 0) is 5.54 Å². The number of aliphatic hydroxyl groups excluding tert-OH is 1. The minimum Gasteiger partial charge on any atom is -0.393 e. The molecule has 3 N–H and O–H groups in total. The zero-order chi connectivity index (χ0) is 10.3. The number of aliphatic hydroxyl groups is 1. The summed E-state index contributed by atoms with van der Waals surface area (Å²) in [7, 11) is 0. The minimum atomic E-state index is -0.327. The van der Waals surface area contributed by atoms with Crippen LogP contribution in [0.3, 0.4) is 0 Å². The standard InChI is InChI=1S/C11H14BrNO/c1-7-2-3-9(10(12)4-7)11(13)5-8(14)6-11/h2-4,8,14H,5-6,13H2,1H3. The maximum Gasteiger partial charge on any atom is 0.0582 e. The SMILES string of the molecule is Cc1ccc(C2(N)CC(O)C2)c(Br)c1. The Hall–Kier alpha value is -0.380. The fourth-order valence-corrected chi connectivity index (χ4v) is 2.91. The first-order chi connectivity index (χ1) is 6.51. The van der Waals surface area contributed by atoms with Gasteiger partial charge in [0, 0.05) is 10.0 Å². The van der Waals surface area contributed by atoms with Crippen LogP contribution in [0, 0.1) is 6.92 Å². The van der Waals surface area contributed by atoms with Gasteiger partial charge in [0.2, 0.25) is 0 Å². The summed E-state index contributed by atoms with van der Waals surface area (Å²) in [5.74, 6) is 0. The van der Waals surface area contributed by atoms with Crippen molar-refractivity contribution in [3.05, 3.63) is 33.8 Å². The van der Waals surface area contributed by atoms with Crippen molar-refractivity contribution in [2.24, 2.45) is 5.73 Å². The highest BCUT2D eigenvalue weighted by molar-refractivity contribution is 9.10. The van der Waals surface area contributed by atoms with Gasteiger partial charge in [-0.3, -0.25) is 0 Å². The smallest absolute Gasteiger partial charge is 0.0582 e. The third-order valence-corrected chi connectivity index (χ3v) is 3.52. The molecular weight excluding hydrogens is 242 g/mol. The van der Waals surface area contributed by atoms with Gasteiger partial charge in [-0.15, -0.1) is 0 Å². The lowest BCUT2D eigenvalue weighted by molar-refractivity contribution is 0.0206. The van der Waals surface area contributed by atoms with Crippen LogP contribution in [-0.4, -0.2) is 11.2 Å². The summed E-state index contributed by atoms with van der Waals surface area (Å²) in [6.45, 7) is 2.05. The van der Waals surface area contributed by atoms with E-state index in [-0.39, 0.29) is 11.6 Å². The predicted octanol–water partition coefficient (Wildman–Crippen LogP) is 2.07. The average Bonchev–Trinajstić information content (AvgIpc) is 2.00. The van der Waals surface area contributed by atoms with E-state index in [1.165, 1.54) is 5.56 Å². The van der Waals surface area contributed by atoms with Crippen LogP contribution in [0.15, 0.2) is 22.7 Å². The van der Waals surface area contributed by atoms with E-state index in [1.54, 1.807) is 0 Å². The van der Waals surface area contributed by atoms with Gasteiger partial charge in [-0.1, -0.05) is 28.1 Å². The first kappa shape index (κ1) is 10.1. The van der Waals surface area contributed by atoms with E-state index >= 15 is 0 Å². The molecule has 1 aliphatic carbocycles. The maximum absolute atomic E-state index is 9.30. The fraction of sp³-hybridized carbons (Fsp3) is 0.455. The molecule has 2 rings (SSSR count). The minimum absolute atomic E-state index is 0.229. The molecule has 2 nitrogen and oxygen atoms in total. The molecule has 0 radical (unpaired) electrons. The van der Waals surface area contributed by atoms with Crippen LogP contribution >= 0.6 is 15.9 Å². The van der Waals surface area contributed by atoms with Crippen molar-refractivity contribution in [1.29, 1.82) is 0 Å². The number of rotatable bonds is 1. The van der Waals surface area contributed by atoms with Gasteiger partial charge in [0.1, 0.15) is 0 Å². The Bertz CT molecular complexity index is 358. The van der Waals surface area contributed by atoms with Crippen molar-refractivity contribution in [3.63, 3.8) is 0 Å². The van der Waals surface area contributed by atoms with Crippen molar-refractivity contribution >= 4 is 15.9 Å². The van der Waals surface area contributed by atoms with E-state index < -0.39 is 0 Å². The Kier molecular flexibility index (Phi) is 2.41. The number of hydrogen-bond acceptors (Lipinski definition) is 2. The van der Waals surface area contributed by atoms with Gasteiger partial charge < -0.3 is 10.8 Å². The molecule has 0 unspecified atom stereocenters. The molecule has 1 aromatic rings. The molecule has 1 aliphatic rings. The highest BCUT2D eigenvalue weighted by Gasteiger charge is 2.42. The predicted molar refractivity (Wildman–Crippen MR) is 60.0 cm³/mol. The van der Waals surface area contributed by atoms with Gasteiger partial charge >= 0.3 is 0 Å². The summed E-state index contributed by atoms with van der Waals surface area (Å²) >= 11 is 3.52. The van der Waals surface area contributed by atoms with Crippen LogP contribution in [0.25, 0.3) is 0 Å². The van der Waals surface area contributed by atoms with E-state index in [0.29, 0.717) is 12.8 Å². The van der Waals surface area contributed by atoms with Gasteiger partial charge in [0.25, 0.3) is 0 Å². The second kappa shape index (κ2) is 3.33. The Labute approximate surface area is 92.3 Å². The summed E-state index contributed by atoms with van der Waals surface area (Å²) in [5.41, 5.74) is 8.17. The average molecular weight is 256 g/mol. The molecule has 3 heteroatoms. The molecule has 0 aromatic heterocycles. The van der Waals surface area contributed by atoms with Gasteiger partial charge in [0.05, 0.1) is 6.10 Å². The van der Waals surface area contributed by atoms with Crippen molar-refractivity contribution in [3.8, 4) is 0 Å². The van der Waals surface area contributed by atoms with E-state index in [2.05, 4.69) is 28.1 Å². The highest BCUT2D eigenvalue weighted by Crippen LogP contribution is 2.42. The largest absolute Gasteiger partial charge is 0.393 e. The number of hydrogen-bond donors (Lipinski definition) is 2. The van der Waals surface area contributed by atoms with Crippen molar-refractivity contribution in [2.75, 3.05) is 0 Å². The summed E-state index contributed by atoms with van der Waals surface area (Å²) < 4.78 is 1.05. The van der Waals surface area contributed by atoms with Gasteiger partial charge in [-0.25, -0.2) is 0 Å². The third-order valence-electron chi connectivity index (χ3n) is 2.86. The van der Waals surface area contributed by atoms with Crippen molar-refractivity contribution in [2.45, 2.75) is 31.4 Å². The van der Waals surface area contributed by atoms with E-state index in [0.717, 1.165) is 10.0 Å². The molecular formula is C11H14BrNO. The number of nitrogens with two attached hydrogens (primary N) is 1. The Morgan fingerprint density at radius 2 is 2.14 bits per heavy atom. The molecule has 0 bridgehead atoms. The zero-order valence-corrected chi connectivity index (χ0v) is 9.71. The normalized spacial score (nSPS) is 31.3. The second-order valence-corrected chi connectivity index (χ2v) is 5.06. The van der Waals surface area contributed by atoms with Crippen molar-refractivity contribution in [1.82, 2.24) is 0 Å². The van der Waals surface area contributed by atoms with Crippen LogP contribution in [0.1, 0.15) is 24.0 Å². The molecule has 14 heavy (non-hydrogen) atoms. The van der Waals surface area contributed by atoms with Crippen LogP contribution in [0.4, 0.5) is 0 Å². The number of halogens is 1.